The van der Waals surface area contributed by atoms with E-state index in [1.807, 2.05) is 4.90 Å². The van der Waals surface area contributed by atoms with Crippen LogP contribution in [0.1, 0.15) is 35.7 Å². The summed E-state index contributed by atoms with van der Waals surface area (Å²) in [4.78, 5) is 1.92. The van der Waals surface area contributed by atoms with Crippen molar-refractivity contribution in [2.75, 3.05) is 12.4 Å². The Morgan fingerprint density at radius 3 is 2.83 bits per heavy atom. The molecule has 1 unspecified atom stereocenters. The van der Waals surface area contributed by atoms with E-state index in [9.17, 15) is 13.0 Å². The number of aryl methyl sites for hydroxylation is 2. The highest BCUT2D eigenvalue weighted by atomic mass is 32.2. The molecular weight excluding hydrogens is 316 g/mol. The zero-order valence-electron chi connectivity index (χ0n) is 13.1. The Hall–Kier alpha value is -1.41. The second-order valence-electron chi connectivity index (χ2n) is 6.47. The standard InChI is InChI=1S/C16H20N2O3S.H2O/c1-11-5-6-14-13(9-11)12-3-2-4-15-16(12)18(14)8-7-17(15)10-22(19,20)21;/h5-6,9,15H,2-4,7-8,10H2,1H3,(H,19,20,21);1H2. The van der Waals surface area contributed by atoms with Gasteiger partial charge in [0, 0.05) is 29.7 Å². The maximum Gasteiger partial charge on any atom is 0.278 e. The molecule has 0 fully saturated rings. The first kappa shape index (κ1) is 16.4. The fourth-order valence-electron chi connectivity index (χ4n) is 4.16. The van der Waals surface area contributed by atoms with Crippen molar-refractivity contribution in [2.45, 2.75) is 38.8 Å². The summed E-state index contributed by atoms with van der Waals surface area (Å²) in [6.07, 6.45) is 3.07. The van der Waals surface area contributed by atoms with E-state index in [0.29, 0.717) is 6.54 Å². The van der Waals surface area contributed by atoms with E-state index in [-0.39, 0.29) is 17.4 Å². The molecule has 0 spiro atoms. The molecule has 7 heteroatoms. The van der Waals surface area contributed by atoms with Gasteiger partial charge in [0.2, 0.25) is 0 Å². The number of rotatable bonds is 2. The third kappa shape index (κ3) is 2.67. The molecule has 6 nitrogen and oxygen atoms in total. The van der Waals surface area contributed by atoms with Crippen molar-refractivity contribution >= 4 is 21.0 Å². The topological polar surface area (TPSA) is 94.0 Å². The third-order valence-corrected chi connectivity index (χ3v) is 5.63. The molecule has 0 saturated heterocycles. The Kier molecular flexibility index (Phi) is 4.00. The highest BCUT2D eigenvalue weighted by molar-refractivity contribution is 7.85. The maximum atomic E-state index is 11.3. The summed E-state index contributed by atoms with van der Waals surface area (Å²) in [5.74, 6) is -0.266. The Bertz CT molecular complexity index is 857. The van der Waals surface area contributed by atoms with Crippen LogP contribution in [0.2, 0.25) is 0 Å². The van der Waals surface area contributed by atoms with Crippen LogP contribution in [0.5, 0.6) is 0 Å². The zero-order valence-corrected chi connectivity index (χ0v) is 13.9. The summed E-state index contributed by atoms with van der Waals surface area (Å²) in [5.41, 5.74) is 5.15. The van der Waals surface area contributed by atoms with Gasteiger partial charge in [-0.2, -0.15) is 8.42 Å². The van der Waals surface area contributed by atoms with Crippen LogP contribution in [0, 0.1) is 6.92 Å². The summed E-state index contributed by atoms with van der Waals surface area (Å²) >= 11 is 0. The maximum absolute atomic E-state index is 11.3. The summed E-state index contributed by atoms with van der Waals surface area (Å²) in [6.45, 7) is 3.54. The van der Waals surface area contributed by atoms with Gasteiger partial charge in [-0.05, 0) is 43.9 Å². The molecule has 2 heterocycles. The molecule has 1 atom stereocenters. The van der Waals surface area contributed by atoms with Crippen molar-refractivity contribution in [3.63, 3.8) is 0 Å². The van der Waals surface area contributed by atoms with Crippen molar-refractivity contribution in [3.8, 4) is 0 Å². The second-order valence-corrected chi connectivity index (χ2v) is 7.89. The quantitative estimate of drug-likeness (QED) is 0.843. The van der Waals surface area contributed by atoms with Gasteiger partial charge in [0.25, 0.3) is 10.1 Å². The zero-order chi connectivity index (χ0) is 15.5. The van der Waals surface area contributed by atoms with Gasteiger partial charge in [0.15, 0.2) is 0 Å². The smallest absolute Gasteiger partial charge is 0.278 e. The van der Waals surface area contributed by atoms with Gasteiger partial charge in [0.1, 0.15) is 5.88 Å². The lowest BCUT2D eigenvalue weighted by atomic mass is 9.90. The molecule has 1 aliphatic carbocycles. The molecule has 1 aliphatic heterocycles. The first-order valence-electron chi connectivity index (χ1n) is 7.75. The van der Waals surface area contributed by atoms with Crippen LogP contribution in [0.15, 0.2) is 18.2 Å². The van der Waals surface area contributed by atoms with Crippen LogP contribution in [-0.2, 0) is 23.1 Å². The van der Waals surface area contributed by atoms with E-state index >= 15 is 0 Å². The molecule has 0 radical (unpaired) electrons. The fraction of sp³-hybridized carbons (Fsp3) is 0.500. The number of nitrogens with zero attached hydrogens (tertiary/aromatic N) is 2. The van der Waals surface area contributed by atoms with Gasteiger partial charge < -0.3 is 10.0 Å². The minimum Gasteiger partial charge on any atom is -0.412 e. The molecule has 0 bridgehead atoms. The fourth-order valence-corrected chi connectivity index (χ4v) is 4.88. The number of fused-ring (bicyclic) bond motifs is 3. The van der Waals surface area contributed by atoms with E-state index in [2.05, 4.69) is 29.7 Å². The van der Waals surface area contributed by atoms with Crippen LogP contribution in [-0.4, -0.2) is 40.3 Å². The van der Waals surface area contributed by atoms with E-state index in [0.717, 1.165) is 25.8 Å². The van der Waals surface area contributed by atoms with E-state index in [1.165, 1.54) is 27.7 Å². The molecule has 1 aromatic carbocycles. The van der Waals surface area contributed by atoms with Crippen molar-refractivity contribution in [1.29, 1.82) is 0 Å². The number of hydrogen-bond acceptors (Lipinski definition) is 3. The van der Waals surface area contributed by atoms with E-state index in [1.54, 1.807) is 0 Å². The molecule has 0 amide bonds. The van der Waals surface area contributed by atoms with Gasteiger partial charge in [-0.1, -0.05) is 11.6 Å². The molecular formula is C16H22N2O4S. The molecule has 2 aliphatic rings. The predicted molar refractivity (Wildman–Crippen MR) is 89.1 cm³/mol. The third-order valence-electron chi connectivity index (χ3n) is 4.97. The SMILES string of the molecule is Cc1ccc2c(c1)c1c3n2CCN(CS(=O)(=O)O)C3CCC1.O. The first-order valence-corrected chi connectivity index (χ1v) is 9.36. The van der Waals surface area contributed by atoms with Gasteiger partial charge in [-0.25, -0.2) is 0 Å². The minimum atomic E-state index is -3.98. The molecule has 2 aromatic rings. The number of hydrogen-bond donors (Lipinski definition) is 1. The summed E-state index contributed by atoms with van der Waals surface area (Å²) < 4.78 is 34.2. The van der Waals surface area contributed by atoms with Crippen LogP contribution >= 0.6 is 0 Å². The van der Waals surface area contributed by atoms with Crippen LogP contribution in [0.3, 0.4) is 0 Å². The lowest BCUT2D eigenvalue weighted by molar-refractivity contribution is 0.163. The Labute approximate surface area is 135 Å². The first-order chi connectivity index (χ1) is 10.4. The largest absolute Gasteiger partial charge is 0.412 e. The lowest BCUT2D eigenvalue weighted by Crippen LogP contribution is -2.42. The Balaban J connectivity index is 0.00000156. The highest BCUT2D eigenvalue weighted by Gasteiger charge is 2.36. The van der Waals surface area contributed by atoms with E-state index in [4.69, 9.17) is 0 Å². The van der Waals surface area contributed by atoms with Gasteiger partial charge in [0.05, 0.1) is 6.04 Å². The van der Waals surface area contributed by atoms with Gasteiger partial charge in [-0.3, -0.25) is 9.45 Å². The van der Waals surface area contributed by atoms with Crippen molar-refractivity contribution < 1.29 is 18.4 Å². The van der Waals surface area contributed by atoms with Crippen LogP contribution in [0.25, 0.3) is 10.9 Å². The highest BCUT2D eigenvalue weighted by Crippen LogP contribution is 2.42. The van der Waals surface area contributed by atoms with Crippen molar-refractivity contribution in [2.24, 2.45) is 0 Å². The molecule has 23 heavy (non-hydrogen) atoms. The lowest BCUT2D eigenvalue weighted by Gasteiger charge is -2.39. The molecule has 0 saturated carbocycles. The van der Waals surface area contributed by atoms with Crippen molar-refractivity contribution in [3.05, 3.63) is 35.0 Å². The minimum absolute atomic E-state index is 0. The van der Waals surface area contributed by atoms with Gasteiger partial charge in [-0.15, -0.1) is 0 Å². The summed E-state index contributed by atoms with van der Waals surface area (Å²) in [7, 11) is -3.98. The van der Waals surface area contributed by atoms with Gasteiger partial charge >= 0.3 is 0 Å². The monoisotopic (exact) mass is 338 g/mol. The Morgan fingerprint density at radius 2 is 2.09 bits per heavy atom. The van der Waals surface area contributed by atoms with Crippen LogP contribution in [0.4, 0.5) is 0 Å². The summed E-state index contributed by atoms with van der Waals surface area (Å²) in [5, 5.41) is 1.31. The number of aromatic nitrogens is 1. The molecule has 4 rings (SSSR count). The van der Waals surface area contributed by atoms with Crippen molar-refractivity contribution in [1.82, 2.24) is 9.47 Å². The molecule has 3 N–H and O–H groups in total. The Morgan fingerprint density at radius 1 is 1.30 bits per heavy atom. The number of benzene rings is 1. The molecule has 1 aromatic heterocycles. The second kappa shape index (κ2) is 5.59. The van der Waals surface area contributed by atoms with E-state index < -0.39 is 10.1 Å². The van der Waals surface area contributed by atoms with Crippen LogP contribution < -0.4 is 0 Å². The summed E-state index contributed by atoms with van der Waals surface area (Å²) in [6, 6.07) is 6.66. The average molecular weight is 338 g/mol. The predicted octanol–water partition coefficient (Wildman–Crippen LogP) is 1.66. The normalized spacial score (nSPS) is 21.0. The average Bonchev–Trinajstić information content (AvgIpc) is 2.76. The molecule has 126 valence electrons.